The van der Waals surface area contributed by atoms with Gasteiger partial charge in [0.1, 0.15) is 68.3 Å². The first-order valence-corrected chi connectivity index (χ1v) is 40.0. The van der Waals surface area contributed by atoms with Gasteiger partial charge in [-0.25, -0.2) is 0 Å². The molecule has 1 N–H and O–H groups in total. The Morgan fingerprint density at radius 1 is 0.299 bits per heavy atom. The van der Waals surface area contributed by atoms with E-state index in [2.05, 4.69) is 218 Å². The molecule has 14 aromatic rings. The summed E-state index contributed by atoms with van der Waals surface area (Å²) in [5.74, 6) is 5.88. The molecule has 14 nitrogen and oxygen atoms in total. The van der Waals surface area contributed by atoms with Crippen molar-refractivity contribution in [2.75, 3.05) is 45.2 Å². The Morgan fingerprint density at radius 2 is 0.617 bits per heavy atom. The first kappa shape index (κ1) is 71.9. The number of nitrogens with one attached hydrogen (secondary N) is 1. The molecule has 2 atom stereocenters. The largest absolute Gasteiger partial charge is 0.497 e. The van der Waals surface area contributed by atoms with Crippen molar-refractivity contribution in [1.29, 1.82) is 0 Å². The second-order valence-corrected chi connectivity index (χ2v) is 32.9. The molecule has 107 heavy (non-hydrogen) atoms. The fourth-order valence-corrected chi connectivity index (χ4v) is 21.0. The molecule has 2 aliphatic heterocycles. The van der Waals surface area contributed by atoms with Gasteiger partial charge in [-0.2, -0.15) is 0 Å². The minimum absolute atomic E-state index is 0.675. The van der Waals surface area contributed by atoms with Crippen LogP contribution < -0.4 is 57.4 Å². The molecule has 0 bridgehead atoms. The fraction of sp³-hybridized carbons (Fsp3) is 0.191. The molecule has 2 aromatic heterocycles. The molecule has 0 spiro atoms. The fourth-order valence-electron chi connectivity index (χ4n) is 14.7. The number of hydrogen-bond acceptors (Lipinski definition) is 14. The Bertz CT molecular complexity index is 5840. The van der Waals surface area contributed by atoms with Crippen molar-refractivity contribution in [1.82, 2.24) is 0 Å². The van der Waals surface area contributed by atoms with Crippen LogP contribution in [0.5, 0.6) is 46.0 Å². The third kappa shape index (κ3) is 13.8. The van der Waals surface area contributed by atoms with Crippen LogP contribution in [0.1, 0.15) is 66.8 Å². The number of methoxy groups -OCH3 is 4. The lowest BCUT2D eigenvalue weighted by molar-refractivity contribution is 0.414. The summed E-state index contributed by atoms with van der Waals surface area (Å²) in [6, 6.07) is 67.1. The molecule has 542 valence electrons. The highest BCUT2D eigenvalue weighted by Crippen LogP contribution is 2.57. The van der Waals surface area contributed by atoms with Crippen LogP contribution in [0.3, 0.4) is 0 Å². The molecule has 16 rings (SSSR count). The third-order valence-corrected chi connectivity index (χ3v) is 25.2. The number of benzene rings is 12. The van der Waals surface area contributed by atoms with Gasteiger partial charge in [0.2, 0.25) is 16.6 Å². The molecule has 18 heteroatoms. The molecule has 12 aromatic carbocycles. The predicted molar refractivity (Wildman–Crippen MR) is 442 cm³/mol. The number of para-hydroxylation sites is 2. The zero-order valence-corrected chi connectivity index (χ0v) is 66.7. The number of aryl methyl sites for hydroxylation is 12. The number of nitrogens with zero attached hydrogens (tertiary/aromatic N) is 1. The monoisotopic (exact) mass is 1500 g/mol. The van der Waals surface area contributed by atoms with E-state index in [9.17, 15) is 0 Å². The number of rotatable bonds is 14. The van der Waals surface area contributed by atoms with Crippen molar-refractivity contribution in [3.05, 3.63) is 261 Å². The lowest BCUT2D eigenvalue weighted by Gasteiger charge is -2.36. The van der Waals surface area contributed by atoms with Crippen LogP contribution in [-0.4, -0.2) is 35.5 Å². The standard InChI is InChI=1S/C45H43NO6P2.C44H41NO6P2/c1-26-18-28(3)42(49-53-41-17-13-11-15-35(41)34-14-10-12-16-40(34)46(53)7)36(20-26)37-21-27(2)19-29(4)43(37)50-54-51-44-30(5)22-32(47-8)24-38(44)39-25-33(48-9)23-31(6)45(39)52-54;1-25-17-27(3)41(48-52-40-16-12-10-14-34(40)33-13-9-11-15-39(33)45-52)35(19-25)36-20-26(2)18-28(4)42(36)49-53-50-43-29(5)21-31(46-7)23-37(43)38-24-32(47-8)22-30(6)44(38)51-53/h10-25H,1-9H3;9-24,45H,1-8H3. The minimum atomic E-state index is -1.98. The highest BCUT2D eigenvalue weighted by molar-refractivity contribution is 7.63. The smallest absolute Gasteiger partial charge is 0.453 e. The van der Waals surface area contributed by atoms with Gasteiger partial charge < -0.3 is 63.6 Å². The maximum Gasteiger partial charge on any atom is 0.453 e. The van der Waals surface area contributed by atoms with Crippen LogP contribution in [0, 0.1) is 83.1 Å². The summed E-state index contributed by atoms with van der Waals surface area (Å²) in [4.78, 5) is 0. The SMILES string of the molecule is COc1cc(C)c2op(Oc3c(C)cc(C)cc3-c3cc(C)cc(C)c3OP3Nc4ccccc4-c4ccccc43)oc3c(C)cc(OC)cc3c2c1.COc1cc(C)c2op(Oc3c(C)cc(C)cc3-c3cc(C)cc(C)c3OP3c4ccccc4-c4ccccc4N3C)oc3c(C)cc(OC)cc3c2c1. The molecule has 4 heterocycles. The Kier molecular flexibility index (Phi) is 19.9. The van der Waals surface area contributed by atoms with E-state index in [4.69, 9.17) is 53.8 Å². The molecule has 0 saturated heterocycles. The van der Waals surface area contributed by atoms with Crippen molar-refractivity contribution in [2.45, 2.75) is 83.1 Å². The van der Waals surface area contributed by atoms with Crippen molar-refractivity contribution in [3.63, 3.8) is 0 Å². The topological polar surface area (TPSA) is 142 Å². The van der Waals surface area contributed by atoms with Gasteiger partial charge in [0.05, 0.1) is 34.1 Å². The first-order valence-electron chi connectivity index (χ1n) is 35.4. The summed E-state index contributed by atoms with van der Waals surface area (Å²) in [5, 5.41) is 9.46. The minimum Gasteiger partial charge on any atom is -0.497 e. The van der Waals surface area contributed by atoms with Gasteiger partial charge in [0.15, 0.2) is 0 Å². The summed E-state index contributed by atoms with van der Waals surface area (Å²) in [7, 11) is 2.34. The quantitative estimate of drug-likeness (QED) is 0.103. The number of ether oxygens (including phenoxy) is 4. The van der Waals surface area contributed by atoms with Gasteiger partial charge in [-0.3, -0.25) is 0 Å². The second-order valence-electron chi connectivity index (χ2n) is 27.6. The summed E-state index contributed by atoms with van der Waals surface area (Å²) in [5.41, 5.74) is 25.5. The summed E-state index contributed by atoms with van der Waals surface area (Å²) < 4.78 is 80.3. The van der Waals surface area contributed by atoms with Crippen LogP contribution in [0.25, 0.3) is 88.4 Å². The average Bonchev–Trinajstić information content (AvgIpc) is 1.46. The van der Waals surface area contributed by atoms with Crippen LogP contribution in [0.15, 0.2) is 211 Å². The van der Waals surface area contributed by atoms with E-state index in [1.807, 2.05) is 76.2 Å². The van der Waals surface area contributed by atoms with Gasteiger partial charge in [-0.05, 0) is 258 Å². The van der Waals surface area contributed by atoms with E-state index < -0.39 is 33.1 Å². The molecular weight excluding hydrogens is 1410 g/mol. The molecule has 2 unspecified atom stereocenters. The molecule has 0 fully saturated rings. The van der Waals surface area contributed by atoms with Crippen molar-refractivity contribution in [3.8, 4) is 90.5 Å². The van der Waals surface area contributed by atoms with Crippen molar-refractivity contribution >= 4 is 98.9 Å². The van der Waals surface area contributed by atoms with Gasteiger partial charge in [0, 0.05) is 78.3 Å². The van der Waals surface area contributed by atoms with Gasteiger partial charge in [-0.1, -0.05) is 97.1 Å². The summed E-state index contributed by atoms with van der Waals surface area (Å²) in [6.07, 6.45) is 0. The molecule has 0 amide bonds. The molecule has 2 aliphatic rings. The highest BCUT2D eigenvalue weighted by atomic mass is 31.2. The van der Waals surface area contributed by atoms with Gasteiger partial charge >= 0.3 is 16.5 Å². The number of hydrogen-bond donors (Lipinski definition) is 1. The van der Waals surface area contributed by atoms with Crippen LogP contribution >= 0.6 is 33.1 Å². The lowest BCUT2D eigenvalue weighted by atomic mass is 9.95. The average molecular weight is 1500 g/mol. The molecule has 0 saturated carbocycles. The molecular formula is C89H84N2O12P4. The lowest BCUT2D eigenvalue weighted by Crippen LogP contribution is -2.27. The van der Waals surface area contributed by atoms with E-state index in [-0.39, 0.29) is 0 Å². The number of anilines is 2. The van der Waals surface area contributed by atoms with Crippen molar-refractivity contribution in [2.24, 2.45) is 0 Å². The second kappa shape index (κ2) is 29.6. The van der Waals surface area contributed by atoms with Crippen LogP contribution in [0.4, 0.5) is 11.4 Å². The predicted octanol–water partition coefficient (Wildman–Crippen LogP) is 25.6. The first-order chi connectivity index (χ1) is 51.6. The highest BCUT2D eigenvalue weighted by Gasteiger charge is 2.34. The Hall–Kier alpha value is -10.7. The number of fused-ring (bicyclic) bond motifs is 12. The zero-order valence-electron chi connectivity index (χ0n) is 63.1. The van der Waals surface area contributed by atoms with Crippen LogP contribution in [-0.2, 0) is 0 Å². The Balaban J connectivity index is 0.000000171. The van der Waals surface area contributed by atoms with E-state index in [1.165, 1.54) is 27.6 Å². The van der Waals surface area contributed by atoms with Crippen molar-refractivity contribution < 1.29 is 53.8 Å². The maximum atomic E-state index is 7.29. The van der Waals surface area contributed by atoms with Gasteiger partial charge in [0.25, 0.3) is 0 Å². The maximum absolute atomic E-state index is 7.29. The summed E-state index contributed by atoms with van der Waals surface area (Å²) >= 11 is 0. The van der Waals surface area contributed by atoms with E-state index >= 15 is 0 Å². The van der Waals surface area contributed by atoms with E-state index in [1.54, 1.807) is 28.4 Å². The van der Waals surface area contributed by atoms with Crippen LogP contribution in [0.2, 0.25) is 0 Å². The summed E-state index contributed by atoms with van der Waals surface area (Å²) in [6.45, 7) is 24.9. The molecule has 0 aliphatic carbocycles. The third-order valence-electron chi connectivity index (χ3n) is 19.6. The van der Waals surface area contributed by atoms with E-state index in [0.29, 0.717) is 33.8 Å². The Labute approximate surface area is 628 Å². The normalized spacial score (nSPS) is 13.3. The zero-order chi connectivity index (χ0) is 74.8. The van der Waals surface area contributed by atoms with Gasteiger partial charge in [-0.15, -0.1) is 0 Å². The Morgan fingerprint density at radius 3 is 1.01 bits per heavy atom. The molecule has 0 radical (unpaired) electrons. The van der Waals surface area contributed by atoms with E-state index in [0.717, 1.165) is 162 Å².